The number of sulfonamides is 1. The highest BCUT2D eigenvalue weighted by Gasteiger charge is 2.16. The zero-order valence-electron chi connectivity index (χ0n) is 11.0. The summed E-state index contributed by atoms with van der Waals surface area (Å²) in [7, 11) is -3.39. The van der Waals surface area contributed by atoms with E-state index in [0.29, 0.717) is 11.4 Å². The van der Waals surface area contributed by atoms with Crippen LogP contribution in [0, 0.1) is 6.92 Å². The van der Waals surface area contributed by atoms with Crippen molar-refractivity contribution in [2.45, 2.75) is 24.7 Å². The summed E-state index contributed by atoms with van der Waals surface area (Å²) in [5, 5.41) is 0. The van der Waals surface area contributed by atoms with Gasteiger partial charge in [0.05, 0.1) is 4.90 Å². The van der Waals surface area contributed by atoms with Gasteiger partial charge in [-0.15, -0.1) is 0 Å². The Labute approximate surface area is 123 Å². The Bertz CT molecular complexity index is 540. The van der Waals surface area contributed by atoms with Crippen molar-refractivity contribution in [3.8, 4) is 0 Å². The Morgan fingerprint density at radius 1 is 1.32 bits per heavy atom. The van der Waals surface area contributed by atoms with Crippen LogP contribution in [0.25, 0.3) is 0 Å². The van der Waals surface area contributed by atoms with Gasteiger partial charge in [-0.3, -0.25) is 0 Å². The molecule has 1 N–H and O–H groups in total. The summed E-state index contributed by atoms with van der Waals surface area (Å²) >= 11 is 3.37. The van der Waals surface area contributed by atoms with Crippen LogP contribution < -0.4 is 4.72 Å². The minimum absolute atomic E-state index is 0.328. The van der Waals surface area contributed by atoms with Crippen LogP contribution >= 0.6 is 15.9 Å². The molecule has 106 valence electrons. The second kappa shape index (κ2) is 6.35. The number of nitrogens with one attached hydrogen (secondary N) is 1. The number of hydrogen-bond acceptors (Lipinski definition) is 3. The van der Waals surface area contributed by atoms with E-state index >= 15 is 0 Å². The van der Waals surface area contributed by atoms with Crippen LogP contribution in [0.15, 0.2) is 27.6 Å². The van der Waals surface area contributed by atoms with E-state index in [4.69, 9.17) is 0 Å². The molecule has 1 fully saturated rings. The van der Waals surface area contributed by atoms with E-state index in [0.717, 1.165) is 29.7 Å². The monoisotopic (exact) mass is 346 g/mol. The Morgan fingerprint density at radius 3 is 2.63 bits per heavy atom. The number of nitrogens with zero attached hydrogens (tertiary/aromatic N) is 1. The summed E-state index contributed by atoms with van der Waals surface area (Å²) in [4.78, 5) is 2.62. The maximum atomic E-state index is 12.1. The van der Waals surface area contributed by atoms with E-state index in [-0.39, 0.29) is 0 Å². The van der Waals surface area contributed by atoms with Gasteiger partial charge in [0.2, 0.25) is 10.0 Å². The van der Waals surface area contributed by atoms with E-state index in [1.165, 1.54) is 12.8 Å². The van der Waals surface area contributed by atoms with Crippen LogP contribution in [0.5, 0.6) is 0 Å². The van der Waals surface area contributed by atoms with E-state index in [1.54, 1.807) is 18.2 Å². The smallest absolute Gasteiger partial charge is 0.240 e. The van der Waals surface area contributed by atoms with Crippen LogP contribution in [0.3, 0.4) is 0 Å². The van der Waals surface area contributed by atoms with Gasteiger partial charge >= 0.3 is 0 Å². The standard InChI is InChI=1S/C13H19BrN2O2S/c1-11-10-12(4-5-13(11)14)19(17,18)15-6-9-16-7-2-3-8-16/h4-5,10,15H,2-3,6-9H2,1H3. The van der Waals surface area contributed by atoms with Crippen molar-refractivity contribution in [1.82, 2.24) is 9.62 Å². The Hall–Kier alpha value is -0.430. The molecule has 19 heavy (non-hydrogen) atoms. The second-order valence-electron chi connectivity index (χ2n) is 4.86. The molecule has 0 saturated carbocycles. The molecule has 0 aliphatic carbocycles. The third kappa shape index (κ3) is 4.02. The summed E-state index contributed by atoms with van der Waals surface area (Å²) in [6.07, 6.45) is 2.44. The number of likely N-dealkylation sites (tertiary alicyclic amines) is 1. The van der Waals surface area contributed by atoms with Crippen molar-refractivity contribution >= 4 is 26.0 Å². The lowest BCUT2D eigenvalue weighted by molar-refractivity contribution is 0.344. The van der Waals surface area contributed by atoms with Crippen molar-refractivity contribution in [2.75, 3.05) is 26.2 Å². The van der Waals surface area contributed by atoms with Gasteiger partial charge in [-0.25, -0.2) is 13.1 Å². The zero-order valence-corrected chi connectivity index (χ0v) is 13.4. The minimum Gasteiger partial charge on any atom is -0.302 e. The quantitative estimate of drug-likeness (QED) is 0.888. The zero-order chi connectivity index (χ0) is 13.9. The average molecular weight is 347 g/mol. The van der Waals surface area contributed by atoms with Gasteiger partial charge in [0.15, 0.2) is 0 Å². The van der Waals surface area contributed by atoms with Gasteiger partial charge in [0.1, 0.15) is 0 Å². The maximum absolute atomic E-state index is 12.1. The van der Waals surface area contributed by atoms with E-state index in [2.05, 4.69) is 25.6 Å². The lowest BCUT2D eigenvalue weighted by Crippen LogP contribution is -2.33. The third-order valence-electron chi connectivity index (χ3n) is 3.36. The molecule has 1 aromatic rings. The third-order valence-corrected chi connectivity index (χ3v) is 5.71. The molecule has 0 amide bonds. The summed E-state index contributed by atoms with van der Waals surface area (Å²) < 4.78 is 27.8. The number of halogens is 1. The molecule has 0 bridgehead atoms. The SMILES string of the molecule is Cc1cc(S(=O)(=O)NCCN2CCCC2)ccc1Br. The highest BCUT2D eigenvalue weighted by molar-refractivity contribution is 9.10. The van der Waals surface area contributed by atoms with Gasteiger partial charge in [0.25, 0.3) is 0 Å². The predicted molar refractivity (Wildman–Crippen MR) is 79.7 cm³/mol. The lowest BCUT2D eigenvalue weighted by Gasteiger charge is -2.15. The first-order valence-corrected chi connectivity index (χ1v) is 8.75. The first kappa shape index (κ1) is 15.0. The highest BCUT2D eigenvalue weighted by atomic mass is 79.9. The molecule has 1 aromatic carbocycles. The average Bonchev–Trinajstić information content (AvgIpc) is 2.85. The fraction of sp³-hybridized carbons (Fsp3) is 0.538. The molecule has 1 saturated heterocycles. The summed E-state index contributed by atoms with van der Waals surface area (Å²) in [6, 6.07) is 5.07. The van der Waals surface area contributed by atoms with Crippen LogP contribution in [0.4, 0.5) is 0 Å². The van der Waals surface area contributed by atoms with Gasteiger partial charge in [0, 0.05) is 17.6 Å². The molecule has 4 nitrogen and oxygen atoms in total. The van der Waals surface area contributed by atoms with Crippen LogP contribution in [-0.2, 0) is 10.0 Å². The van der Waals surface area contributed by atoms with Crippen LogP contribution in [-0.4, -0.2) is 39.5 Å². The van der Waals surface area contributed by atoms with Crippen LogP contribution in [0.2, 0.25) is 0 Å². The van der Waals surface area contributed by atoms with Crippen molar-refractivity contribution in [1.29, 1.82) is 0 Å². The maximum Gasteiger partial charge on any atom is 0.240 e. The van der Waals surface area contributed by atoms with E-state index in [1.807, 2.05) is 6.92 Å². The summed E-state index contributed by atoms with van der Waals surface area (Å²) in [6.45, 7) is 5.30. The molecule has 2 rings (SSSR count). The number of hydrogen-bond donors (Lipinski definition) is 1. The van der Waals surface area contributed by atoms with Gasteiger partial charge in [-0.2, -0.15) is 0 Å². The summed E-state index contributed by atoms with van der Waals surface area (Å²) in [5.74, 6) is 0. The summed E-state index contributed by atoms with van der Waals surface area (Å²) in [5.41, 5.74) is 0.919. The van der Waals surface area contributed by atoms with Crippen LogP contribution in [0.1, 0.15) is 18.4 Å². The van der Waals surface area contributed by atoms with Crippen molar-refractivity contribution in [3.63, 3.8) is 0 Å². The molecule has 1 aliphatic heterocycles. The minimum atomic E-state index is -3.39. The Balaban J connectivity index is 1.95. The first-order valence-electron chi connectivity index (χ1n) is 6.47. The molecular weight excluding hydrogens is 328 g/mol. The first-order chi connectivity index (χ1) is 8.99. The van der Waals surface area contributed by atoms with Gasteiger partial charge in [-0.1, -0.05) is 15.9 Å². The van der Waals surface area contributed by atoms with E-state index in [9.17, 15) is 8.42 Å². The Kier molecular flexibility index (Phi) is 5.00. The molecular formula is C13H19BrN2O2S. The highest BCUT2D eigenvalue weighted by Crippen LogP contribution is 2.19. The normalized spacial score (nSPS) is 16.9. The Morgan fingerprint density at radius 2 is 2.00 bits per heavy atom. The lowest BCUT2D eigenvalue weighted by atomic mass is 10.2. The molecule has 0 radical (unpaired) electrons. The molecule has 0 unspecified atom stereocenters. The fourth-order valence-electron chi connectivity index (χ4n) is 2.21. The predicted octanol–water partition coefficient (Wildman–Crippen LogP) is 2.13. The fourth-order valence-corrected chi connectivity index (χ4v) is 3.56. The molecule has 0 atom stereocenters. The largest absolute Gasteiger partial charge is 0.302 e. The number of benzene rings is 1. The second-order valence-corrected chi connectivity index (χ2v) is 7.48. The number of aryl methyl sites for hydroxylation is 1. The molecule has 1 aliphatic rings. The molecule has 0 aromatic heterocycles. The topological polar surface area (TPSA) is 49.4 Å². The number of rotatable bonds is 5. The molecule has 6 heteroatoms. The van der Waals surface area contributed by atoms with Crippen molar-refractivity contribution in [3.05, 3.63) is 28.2 Å². The molecule has 1 heterocycles. The van der Waals surface area contributed by atoms with Crippen molar-refractivity contribution in [2.24, 2.45) is 0 Å². The van der Waals surface area contributed by atoms with Gasteiger partial charge in [-0.05, 0) is 56.6 Å². The molecule has 0 spiro atoms. The van der Waals surface area contributed by atoms with Gasteiger partial charge < -0.3 is 4.90 Å². The van der Waals surface area contributed by atoms with E-state index < -0.39 is 10.0 Å². The van der Waals surface area contributed by atoms with Crippen molar-refractivity contribution < 1.29 is 8.42 Å².